The number of pyridine rings is 1. The van der Waals surface area contributed by atoms with Crippen molar-refractivity contribution in [3.05, 3.63) is 34.4 Å². The number of hydrogen-bond donors (Lipinski definition) is 2. The third-order valence-electron chi connectivity index (χ3n) is 2.46. The molecule has 3 N–H and O–H groups in total. The number of fused-ring (bicyclic) bond motifs is 1. The van der Waals surface area contributed by atoms with Crippen LogP contribution in [0.2, 0.25) is 0 Å². The number of aromatic nitrogens is 3. The lowest BCUT2D eigenvalue weighted by molar-refractivity contribution is 0.597. The van der Waals surface area contributed by atoms with Crippen molar-refractivity contribution in [2.24, 2.45) is 0 Å². The lowest BCUT2D eigenvalue weighted by Gasteiger charge is -2.05. The minimum Gasteiger partial charge on any atom is -0.381 e. The van der Waals surface area contributed by atoms with E-state index in [0.29, 0.717) is 5.65 Å². The van der Waals surface area contributed by atoms with Crippen LogP contribution in [-0.2, 0) is 10.0 Å². The van der Waals surface area contributed by atoms with Gasteiger partial charge in [-0.05, 0) is 28.1 Å². The van der Waals surface area contributed by atoms with Gasteiger partial charge in [0.25, 0.3) is 10.0 Å². The molecule has 3 aromatic rings. The molecule has 0 saturated carbocycles. The molecule has 0 bridgehead atoms. The smallest absolute Gasteiger partial charge is 0.283 e. The van der Waals surface area contributed by atoms with Gasteiger partial charge in [0.1, 0.15) is 5.65 Å². The number of imidazole rings is 1. The molecule has 104 valence electrons. The van der Waals surface area contributed by atoms with Crippen LogP contribution in [0.15, 0.2) is 39.4 Å². The third-order valence-corrected chi connectivity index (χ3v) is 5.36. The van der Waals surface area contributed by atoms with Crippen molar-refractivity contribution >= 4 is 53.9 Å². The largest absolute Gasteiger partial charge is 0.381 e. The van der Waals surface area contributed by atoms with Gasteiger partial charge in [-0.3, -0.25) is 9.12 Å². The molecule has 3 aromatic heterocycles. The lowest BCUT2D eigenvalue weighted by Crippen LogP contribution is -2.16. The fraction of sp³-hybridized carbons (Fsp3) is 0. The minimum absolute atomic E-state index is 0.0562. The zero-order valence-corrected chi connectivity index (χ0v) is 13.0. The van der Waals surface area contributed by atoms with Gasteiger partial charge >= 0.3 is 0 Å². The van der Waals surface area contributed by atoms with Gasteiger partial charge in [0.15, 0.2) is 10.9 Å². The number of hydrogen-bond acceptors (Lipinski definition) is 6. The average Bonchev–Trinajstić information content (AvgIpc) is 2.91. The maximum atomic E-state index is 12.4. The molecule has 0 unspecified atom stereocenters. The number of nitrogens with zero attached hydrogens (tertiary/aromatic N) is 3. The number of sulfonamides is 1. The first kappa shape index (κ1) is 13.3. The molecule has 3 rings (SSSR count). The van der Waals surface area contributed by atoms with Crippen LogP contribution in [-0.4, -0.2) is 22.8 Å². The fourth-order valence-corrected chi connectivity index (χ4v) is 4.29. The van der Waals surface area contributed by atoms with Gasteiger partial charge in [0.2, 0.25) is 5.03 Å². The highest BCUT2D eigenvalue weighted by Crippen LogP contribution is 2.27. The minimum atomic E-state index is -3.86. The predicted octanol–water partition coefficient (Wildman–Crippen LogP) is 1.94. The Balaban J connectivity index is 2.11. The topological polar surface area (TPSA) is 102 Å². The molecule has 3 heterocycles. The molecular formula is C10H8BrN5O2S2. The molecule has 0 saturated heterocycles. The van der Waals surface area contributed by atoms with Gasteiger partial charge in [-0.15, -0.1) is 0 Å². The van der Waals surface area contributed by atoms with Crippen molar-refractivity contribution in [1.82, 2.24) is 14.4 Å². The van der Waals surface area contributed by atoms with Crippen LogP contribution in [0.4, 0.5) is 10.9 Å². The second kappa shape index (κ2) is 4.72. The van der Waals surface area contributed by atoms with Gasteiger partial charge in [0, 0.05) is 6.20 Å². The van der Waals surface area contributed by atoms with Crippen molar-refractivity contribution in [1.29, 1.82) is 0 Å². The first-order chi connectivity index (χ1) is 9.47. The van der Waals surface area contributed by atoms with E-state index in [2.05, 4.69) is 30.6 Å². The number of thiazole rings is 1. The van der Waals surface area contributed by atoms with Crippen LogP contribution >= 0.6 is 27.3 Å². The van der Waals surface area contributed by atoms with E-state index in [4.69, 9.17) is 5.73 Å². The van der Waals surface area contributed by atoms with E-state index >= 15 is 0 Å². The van der Waals surface area contributed by atoms with E-state index < -0.39 is 10.0 Å². The molecule has 0 aliphatic heterocycles. The van der Waals surface area contributed by atoms with Crippen molar-refractivity contribution in [2.75, 3.05) is 10.5 Å². The zero-order chi connectivity index (χ0) is 14.3. The Labute approximate surface area is 126 Å². The first-order valence-corrected chi connectivity index (χ1v) is 8.43. The van der Waals surface area contributed by atoms with Crippen LogP contribution in [0.5, 0.6) is 0 Å². The predicted molar refractivity (Wildman–Crippen MR) is 80.2 cm³/mol. The van der Waals surface area contributed by atoms with E-state index in [1.807, 2.05) is 0 Å². The van der Waals surface area contributed by atoms with E-state index in [1.165, 1.54) is 21.9 Å². The molecule has 20 heavy (non-hydrogen) atoms. The molecule has 0 fully saturated rings. The van der Waals surface area contributed by atoms with Crippen LogP contribution in [0.25, 0.3) is 5.65 Å². The van der Waals surface area contributed by atoms with E-state index in [0.717, 1.165) is 3.79 Å². The molecule has 0 aromatic carbocycles. The first-order valence-electron chi connectivity index (χ1n) is 5.34. The molecule has 0 spiro atoms. The Morgan fingerprint density at radius 1 is 1.40 bits per heavy atom. The monoisotopic (exact) mass is 373 g/mol. The lowest BCUT2D eigenvalue weighted by atomic mass is 10.5. The van der Waals surface area contributed by atoms with E-state index in [1.54, 1.807) is 24.4 Å². The summed E-state index contributed by atoms with van der Waals surface area (Å²) < 4.78 is 29.3. The Bertz CT molecular complexity index is 886. The maximum absolute atomic E-state index is 12.4. The molecule has 0 amide bonds. The normalized spacial score (nSPS) is 11.8. The van der Waals surface area contributed by atoms with Crippen LogP contribution < -0.4 is 10.5 Å². The summed E-state index contributed by atoms with van der Waals surface area (Å²) >= 11 is 4.39. The second-order valence-electron chi connectivity index (χ2n) is 3.81. The number of rotatable bonds is 3. The van der Waals surface area contributed by atoms with Crippen molar-refractivity contribution in [3.63, 3.8) is 0 Å². The summed E-state index contributed by atoms with van der Waals surface area (Å²) in [5.74, 6) is -0.0562. The fourth-order valence-electron chi connectivity index (χ4n) is 1.72. The van der Waals surface area contributed by atoms with Gasteiger partial charge < -0.3 is 5.73 Å². The zero-order valence-electron chi connectivity index (χ0n) is 9.82. The van der Waals surface area contributed by atoms with Gasteiger partial charge in [-0.25, -0.2) is 9.97 Å². The van der Waals surface area contributed by atoms with Gasteiger partial charge in [0.05, 0.1) is 9.98 Å². The van der Waals surface area contributed by atoms with Crippen LogP contribution in [0.3, 0.4) is 0 Å². The summed E-state index contributed by atoms with van der Waals surface area (Å²) in [7, 11) is -3.86. The molecule has 10 heteroatoms. The van der Waals surface area contributed by atoms with Crippen molar-refractivity contribution in [2.45, 2.75) is 5.03 Å². The van der Waals surface area contributed by atoms with Gasteiger partial charge in [-0.1, -0.05) is 17.4 Å². The average molecular weight is 374 g/mol. The van der Waals surface area contributed by atoms with Crippen molar-refractivity contribution < 1.29 is 8.42 Å². The number of nitrogens with two attached hydrogens (primary N) is 1. The van der Waals surface area contributed by atoms with Crippen molar-refractivity contribution in [3.8, 4) is 0 Å². The number of halogens is 1. The quantitative estimate of drug-likeness (QED) is 0.729. The highest BCUT2D eigenvalue weighted by atomic mass is 79.9. The molecule has 0 aliphatic rings. The van der Waals surface area contributed by atoms with Crippen LogP contribution in [0.1, 0.15) is 0 Å². The number of nitrogen functional groups attached to an aromatic ring is 1. The summed E-state index contributed by atoms with van der Waals surface area (Å²) in [5, 5.41) is 0.154. The molecule has 0 radical (unpaired) electrons. The van der Waals surface area contributed by atoms with Crippen LogP contribution in [0, 0.1) is 0 Å². The second-order valence-corrected chi connectivity index (χ2v) is 7.81. The number of anilines is 2. The third kappa shape index (κ3) is 2.25. The Morgan fingerprint density at radius 2 is 2.20 bits per heavy atom. The molecule has 7 nitrogen and oxygen atoms in total. The maximum Gasteiger partial charge on any atom is 0.283 e. The molecular weight excluding hydrogens is 366 g/mol. The number of nitrogens with one attached hydrogen (secondary N) is 1. The Morgan fingerprint density at radius 3 is 2.90 bits per heavy atom. The van der Waals surface area contributed by atoms with E-state index in [9.17, 15) is 8.42 Å². The summed E-state index contributed by atoms with van der Waals surface area (Å²) in [5.41, 5.74) is 6.18. The molecule has 0 atom stereocenters. The Kier molecular flexibility index (Phi) is 3.15. The summed E-state index contributed by atoms with van der Waals surface area (Å²) in [6, 6.07) is 5.13. The molecule has 0 aliphatic carbocycles. The summed E-state index contributed by atoms with van der Waals surface area (Å²) in [6.45, 7) is 0. The highest BCUT2D eigenvalue weighted by molar-refractivity contribution is 9.11. The van der Waals surface area contributed by atoms with E-state index in [-0.39, 0.29) is 16.0 Å². The SMILES string of the molecule is Nc1nc2ccccn2c1S(=O)(=O)Nc1ncc(Br)s1. The Hall–Kier alpha value is -1.65. The summed E-state index contributed by atoms with van der Waals surface area (Å²) in [4.78, 5) is 7.95. The highest BCUT2D eigenvalue weighted by Gasteiger charge is 2.24. The standard InChI is InChI=1S/C10H8BrN5O2S2/c11-6-5-13-10(19-6)15-20(17,18)9-8(12)14-7-3-1-2-4-16(7)9/h1-5H,12H2,(H,13,15). The summed E-state index contributed by atoms with van der Waals surface area (Å²) in [6.07, 6.45) is 3.10. The van der Waals surface area contributed by atoms with Gasteiger partial charge in [-0.2, -0.15) is 8.42 Å².